The van der Waals surface area contributed by atoms with Gasteiger partial charge in [-0.2, -0.15) is 25.3 Å². The highest BCUT2D eigenvalue weighted by molar-refractivity contribution is 7.86. The van der Waals surface area contributed by atoms with Crippen LogP contribution in [0.3, 0.4) is 0 Å². The number of rotatable bonds is 5. The van der Waals surface area contributed by atoms with E-state index in [0.717, 1.165) is 42.5 Å². The molecule has 0 aromatic heterocycles. The molecule has 0 aliphatic heterocycles. The van der Waals surface area contributed by atoms with Gasteiger partial charge >= 0.3 is 0 Å². The van der Waals surface area contributed by atoms with E-state index in [-0.39, 0.29) is 16.8 Å². The molecule has 0 heterocycles. The summed E-state index contributed by atoms with van der Waals surface area (Å²) in [4.78, 5) is 10.4. The topological polar surface area (TPSA) is 218 Å². The lowest BCUT2D eigenvalue weighted by Crippen LogP contribution is -2.17. The molecule has 0 aliphatic rings. The minimum atomic E-state index is -4.93. The Morgan fingerprint density at radius 2 is 1.34 bits per heavy atom. The summed E-state index contributed by atoms with van der Waals surface area (Å²) in [5.74, 6) is -1.14. The van der Waals surface area contributed by atoms with Crippen molar-refractivity contribution in [2.45, 2.75) is 14.7 Å². The van der Waals surface area contributed by atoms with E-state index in [1.54, 1.807) is 0 Å². The number of anilines is 2. The molecule has 0 aliphatic carbocycles. The van der Waals surface area contributed by atoms with E-state index in [0.29, 0.717) is 0 Å². The first-order valence-electron chi connectivity index (χ1n) is 8.30. The van der Waals surface area contributed by atoms with E-state index >= 15 is 0 Å². The van der Waals surface area contributed by atoms with Gasteiger partial charge in [0.05, 0.1) is 11.3 Å². The maximum Gasteiger partial charge on any atom is 0.295 e. The fourth-order valence-electron chi connectivity index (χ4n) is 3.02. The third-order valence-corrected chi connectivity index (χ3v) is 7.00. The van der Waals surface area contributed by atoms with Gasteiger partial charge in [0.25, 0.3) is 36.3 Å². The van der Waals surface area contributed by atoms with Crippen LogP contribution in [0.25, 0.3) is 10.8 Å². The number of nitrogens with two attached hydrogens (primary N) is 1. The van der Waals surface area contributed by atoms with E-state index in [1.807, 2.05) is 0 Å². The average molecular weight is 503 g/mol. The predicted molar refractivity (Wildman–Crippen MR) is 112 cm³/mol. The van der Waals surface area contributed by atoms with Gasteiger partial charge in [-0.3, -0.25) is 18.5 Å². The van der Waals surface area contributed by atoms with Crippen molar-refractivity contribution in [2.24, 2.45) is 0 Å². The Bertz CT molecular complexity index is 1600. The Morgan fingerprint density at radius 3 is 1.91 bits per heavy atom. The number of amides is 1. The van der Waals surface area contributed by atoms with Gasteiger partial charge in [0.15, 0.2) is 0 Å². The minimum Gasteiger partial charge on any atom is -0.399 e. The zero-order chi connectivity index (χ0) is 24.1. The first-order valence-corrected chi connectivity index (χ1v) is 12.6. The highest BCUT2D eigenvalue weighted by Gasteiger charge is 2.25. The van der Waals surface area contributed by atoms with E-state index < -0.39 is 61.9 Å². The number of carbonyl (C=O) groups is 1. The third kappa shape index (κ3) is 4.57. The molecule has 0 atom stereocenters. The first-order chi connectivity index (χ1) is 14.6. The minimum absolute atomic E-state index is 0.0780. The molecule has 6 N–H and O–H groups in total. The summed E-state index contributed by atoms with van der Waals surface area (Å²) in [5, 5.41) is 1.39. The summed E-state index contributed by atoms with van der Waals surface area (Å²) >= 11 is 0. The fraction of sp³-hybridized carbons (Fsp3) is 0. The zero-order valence-corrected chi connectivity index (χ0v) is 18.1. The maximum absolute atomic E-state index is 12.8. The highest BCUT2D eigenvalue weighted by Crippen LogP contribution is 2.35. The first kappa shape index (κ1) is 23.6. The number of benzene rings is 3. The molecule has 0 saturated heterocycles. The Hall–Kier alpha value is -3.08. The van der Waals surface area contributed by atoms with Crippen LogP contribution in [0.15, 0.2) is 63.2 Å². The molecule has 3 rings (SSSR count). The summed E-state index contributed by atoms with van der Waals surface area (Å²) in [6.07, 6.45) is 0. The Kier molecular flexibility index (Phi) is 5.75. The normalized spacial score (nSPS) is 12.6. The van der Waals surface area contributed by atoms with Crippen molar-refractivity contribution in [3.63, 3.8) is 0 Å². The lowest BCUT2D eigenvalue weighted by molar-refractivity contribution is 0.102. The zero-order valence-electron chi connectivity index (χ0n) is 15.6. The van der Waals surface area contributed by atoms with Crippen LogP contribution < -0.4 is 11.1 Å². The third-order valence-electron chi connectivity index (χ3n) is 4.29. The fourth-order valence-corrected chi connectivity index (χ4v) is 5.16. The molecule has 170 valence electrons. The van der Waals surface area contributed by atoms with Crippen LogP contribution in [-0.4, -0.2) is 44.8 Å². The monoisotopic (exact) mass is 502 g/mol. The Balaban J connectivity index is 2.29. The van der Waals surface area contributed by atoms with E-state index in [1.165, 1.54) is 6.07 Å². The maximum atomic E-state index is 12.8. The number of nitrogen functional groups attached to an aromatic ring is 1. The van der Waals surface area contributed by atoms with E-state index in [9.17, 15) is 43.7 Å². The molecule has 3 aromatic carbocycles. The van der Waals surface area contributed by atoms with Crippen LogP contribution in [0.5, 0.6) is 0 Å². The second-order valence-electron chi connectivity index (χ2n) is 6.42. The number of nitrogens with one attached hydrogen (secondary N) is 1. The summed E-state index contributed by atoms with van der Waals surface area (Å²) < 4.78 is 98.7. The Labute approximate surface area is 181 Å². The SMILES string of the molecule is Nc1ccc(C(=O)Nc2ccc(S(=O)(=O)O)c3cccc(S(=O)(=O)O)c23)c(S(=O)(=O)O)c1. The number of fused-ring (bicyclic) bond motifs is 1. The molecule has 0 bridgehead atoms. The van der Waals surface area contributed by atoms with Gasteiger partial charge in [0, 0.05) is 16.5 Å². The van der Waals surface area contributed by atoms with Crippen LogP contribution in [0.4, 0.5) is 11.4 Å². The molecule has 0 radical (unpaired) electrons. The molecule has 1 amide bonds. The molecule has 0 spiro atoms. The van der Waals surface area contributed by atoms with Gasteiger partial charge in [-0.05, 0) is 36.4 Å². The molecular formula is C17H14N2O10S3. The summed E-state index contributed by atoms with van der Waals surface area (Å²) in [6.45, 7) is 0. The molecule has 3 aromatic rings. The second kappa shape index (κ2) is 7.80. The van der Waals surface area contributed by atoms with Crippen LogP contribution in [-0.2, 0) is 30.4 Å². The van der Waals surface area contributed by atoms with Crippen molar-refractivity contribution in [1.29, 1.82) is 0 Å². The lowest BCUT2D eigenvalue weighted by atomic mass is 10.1. The number of hydrogen-bond acceptors (Lipinski definition) is 8. The molecule has 0 saturated carbocycles. The average Bonchev–Trinajstić information content (AvgIpc) is 2.65. The van der Waals surface area contributed by atoms with Crippen LogP contribution in [0, 0.1) is 0 Å². The van der Waals surface area contributed by atoms with Gasteiger partial charge in [-0.1, -0.05) is 12.1 Å². The number of carbonyl (C=O) groups excluding carboxylic acids is 1. The van der Waals surface area contributed by atoms with Crippen LogP contribution in [0.2, 0.25) is 0 Å². The van der Waals surface area contributed by atoms with Crippen molar-refractivity contribution in [2.75, 3.05) is 11.1 Å². The summed E-state index contributed by atoms with van der Waals surface area (Å²) in [6, 6.07) is 7.94. The van der Waals surface area contributed by atoms with Crippen molar-refractivity contribution < 1.29 is 43.7 Å². The molecule has 0 fully saturated rings. The molecular weight excluding hydrogens is 488 g/mol. The van der Waals surface area contributed by atoms with Gasteiger partial charge < -0.3 is 11.1 Å². The van der Waals surface area contributed by atoms with Crippen LogP contribution in [0.1, 0.15) is 10.4 Å². The quantitative estimate of drug-likeness (QED) is 0.248. The summed E-state index contributed by atoms with van der Waals surface area (Å²) in [5.41, 5.74) is 4.52. The lowest BCUT2D eigenvalue weighted by Gasteiger charge is -2.14. The predicted octanol–water partition coefficient (Wildman–Crippen LogP) is 1.41. The molecule has 12 nitrogen and oxygen atoms in total. The smallest absolute Gasteiger partial charge is 0.295 e. The van der Waals surface area contributed by atoms with E-state index in [2.05, 4.69) is 5.32 Å². The van der Waals surface area contributed by atoms with Crippen molar-refractivity contribution >= 4 is 58.4 Å². The van der Waals surface area contributed by atoms with Crippen molar-refractivity contribution in [1.82, 2.24) is 0 Å². The van der Waals surface area contributed by atoms with Crippen molar-refractivity contribution in [3.05, 3.63) is 54.1 Å². The second-order valence-corrected chi connectivity index (χ2v) is 10.6. The largest absolute Gasteiger partial charge is 0.399 e. The van der Waals surface area contributed by atoms with Crippen molar-refractivity contribution in [3.8, 4) is 0 Å². The van der Waals surface area contributed by atoms with Gasteiger partial charge in [0.2, 0.25) is 0 Å². The van der Waals surface area contributed by atoms with Gasteiger partial charge in [-0.15, -0.1) is 0 Å². The molecule has 32 heavy (non-hydrogen) atoms. The summed E-state index contributed by atoms with van der Waals surface area (Å²) in [7, 11) is -14.6. The number of hydrogen-bond donors (Lipinski definition) is 5. The van der Waals surface area contributed by atoms with Crippen LogP contribution >= 0.6 is 0 Å². The molecule has 0 unspecified atom stereocenters. The highest BCUT2D eigenvalue weighted by atomic mass is 32.2. The van der Waals surface area contributed by atoms with Gasteiger partial charge in [-0.25, -0.2) is 0 Å². The molecule has 15 heteroatoms. The van der Waals surface area contributed by atoms with Gasteiger partial charge in [0.1, 0.15) is 14.7 Å². The van der Waals surface area contributed by atoms with E-state index in [4.69, 9.17) is 5.73 Å². The standard InChI is InChI=1S/C17H14N2O10S3/c18-9-4-5-11(15(8-9)32(27,28)29)17(20)19-12-6-7-13(30(21,22)23)10-2-1-3-14(16(10)12)31(24,25)26/h1-8H,18H2,(H,19,20)(H,21,22,23)(H,24,25,26)(H,27,28,29). The Morgan fingerprint density at radius 1 is 0.750 bits per heavy atom.